The number of carbonyl (C=O) groups is 2. The molecule has 0 aliphatic carbocycles. The monoisotopic (exact) mass is 848 g/mol. The van der Waals surface area contributed by atoms with Crippen LogP contribution in [-0.2, 0) is 14.3 Å². The number of rotatable bonds is 43. The van der Waals surface area contributed by atoms with Gasteiger partial charge in [0, 0.05) is 6.42 Å². The van der Waals surface area contributed by atoms with E-state index in [1.807, 2.05) is 36.5 Å². The Morgan fingerprint density at radius 1 is 0.508 bits per heavy atom. The zero-order valence-electron chi connectivity index (χ0n) is 39.5. The summed E-state index contributed by atoms with van der Waals surface area (Å²) in [6.07, 6.45) is 63.1. The highest BCUT2D eigenvalue weighted by molar-refractivity contribution is 5.77. The molecule has 0 aromatic carbocycles. The van der Waals surface area contributed by atoms with Gasteiger partial charge in [-0.1, -0.05) is 221 Å². The van der Waals surface area contributed by atoms with E-state index in [1.165, 1.54) is 70.6 Å². The number of nitrogens with one attached hydrogen (secondary N) is 1. The van der Waals surface area contributed by atoms with Gasteiger partial charge < -0.3 is 20.3 Å². The van der Waals surface area contributed by atoms with E-state index in [0.717, 1.165) is 96.3 Å². The zero-order valence-corrected chi connectivity index (χ0v) is 39.5. The van der Waals surface area contributed by atoms with Gasteiger partial charge in [0.1, 0.15) is 6.10 Å². The van der Waals surface area contributed by atoms with Gasteiger partial charge >= 0.3 is 5.97 Å². The fraction of sp³-hybridized carbons (Fsp3) is 0.673. The molecule has 0 bridgehead atoms. The number of aliphatic hydroxyl groups excluding tert-OH is 2. The Bertz CT molecular complexity index is 1220. The first-order chi connectivity index (χ1) is 30.0. The van der Waals surface area contributed by atoms with E-state index in [9.17, 15) is 19.8 Å². The molecule has 0 aromatic rings. The third kappa shape index (κ3) is 43.2. The highest BCUT2D eigenvalue weighted by Crippen LogP contribution is 2.17. The average Bonchev–Trinajstić information content (AvgIpc) is 3.25. The van der Waals surface area contributed by atoms with Crippen molar-refractivity contribution in [2.24, 2.45) is 0 Å². The summed E-state index contributed by atoms with van der Waals surface area (Å²) in [6, 6.07) is -0.723. The summed E-state index contributed by atoms with van der Waals surface area (Å²) in [6.45, 7) is 6.24. The van der Waals surface area contributed by atoms with Crippen molar-refractivity contribution in [3.63, 3.8) is 0 Å². The SMILES string of the molecule is CC/C=C/C/C=C/C/C=C/CCCCCCCCC(=O)OC(CCCCC/C=C/C=C/C=C/C=C/C=C/CCC)CC(=O)NC(CO)C(O)CCCCCCCCCCCC. The van der Waals surface area contributed by atoms with Crippen molar-refractivity contribution in [2.75, 3.05) is 6.61 Å². The lowest BCUT2D eigenvalue weighted by Crippen LogP contribution is -2.46. The van der Waals surface area contributed by atoms with Crippen molar-refractivity contribution in [3.8, 4) is 0 Å². The topological polar surface area (TPSA) is 95.9 Å². The Labute approximate surface area is 376 Å². The lowest BCUT2D eigenvalue weighted by molar-refractivity contribution is -0.151. The van der Waals surface area contributed by atoms with Crippen LogP contribution in [0.25, 0.3) is 0 Å². The number of carbonyl (C=O) groups excluding carboxylic acids is 2. The van der Waals surface area contributed by atoms with E-state index >= 15 is 0 Å². The maximum absolute atomic E-state index is 13.2. The van der Waals surface area contributed by atoms with Crippen LogP contribution in [0, 0.1) is 0 Å². The number of unbranched alkanes of at least 4 members (excludes halogenated alkanes) is 19. The van der Waals surface area contributed by atoms with Crippen molar-refractivity contribution in [1.29, 1.82) is 0 Å². The van der Waals surface area contributed by atoms with Crippen LogP contribution in [-0.4, -0.2) is 46.9 Å². The van der Waals surface area contributed by atoms with Crippen molar-refractivity contribution >= 4 is 11.9 Å². The van der Waals surface area contributed by atoms with Crippen LogP contribution in [0.15, 0.2) is 97.2 Å². The second-order valence-electron chi connectivity index (χ2n) is 16.6. The molecule has 0 fully saturated rings. The number of esters is 1. The van der Waals surface area contributed by atoms with Crippen LogP contribution in [0.2, 0.25) is 0 Å². The second-order valence-corrected chi connectivity index (χ2v) is 16.6. The molecular formula is C55H93NO5. The second kappa shape index (κ2) is 47.8. The zero-order chi connectivity index (χ0) is 44.5. The third-order valence-corrected chi connectivity index (χ3v) is 10.8. The lowest BCUT2D eigenvalue weighted by atomic mass is 10.0. The van der Waals surface area contributed by atoms with Crippen LogP contribution in [0.4, 0.5) is 0 Å². The highest BCUT2D eigenvalue weighted by Gasteiger charge is 2.24. The van der Waals surface area contributed by atoms with E-state index < -0.39 is 18.2 Å². The Morgan fingerprint density at radius 3 is 1.57 bits per heavy atom. The van der Waals surface area contributed by atoms with Crippen LogP contribution in [0.1, 0.15) is 213 Å². The van der Waals surface area contributed by atoms with Crippen LogP contribution in [0.5, 0.6) is 0 Å². The van der Waals surface area contributed by atoms with Crippen LogP contribution in [0.3, 0.4) is 0 Å². The van der Waals surface area contributed by atoms with Crippen molar-refractivity contribution in [2.45, 2.75) is 232 Å². The maximum atomic E-state index is 13.2. The smallest absolute Gasteiger partial charge is 0.306 e. The Balaban J connectivity index is 4.74. The first-order valence-electron chi connectivity index (χ1n) is 25.0. The number of hydrogen-bond acceptors (Lipinski definition) is 5. The van der Waals surface area contributed by atoms with Gasteiger partial charge in [0.25, 0.3) is 0 Å². The molecule has 0 spiro atoms. The maximum Gasteiger partial charge on any atom is 0.306 e. The molecule has 0 aliphatic heterocycles. The molecule has 0 radical (unpaired) electrons. The van der Waals surface area contributed by atoms with E-state index in [4.69, 9.17) is 4.74 Å². The molecule has 1 amide bonds. The quantitative estimate of drug-likeness (QED) is 0.0246. The van der Waals surface area contributed by atoms with Crippen molar-refractivity contribution < 1.29 is 24.5 Å². The molecular weight excluding hydrogens is 755 g/mol. The van der Waals surface area contributed by atoms with Gasteiger partial charge in [-0.2, -0.15) is 0 Å². The summed E-state index contributed by atoms with van der Waals surface area (Å²) in [4.78, 5) is 26.1. The first-order valence-corrected chi connectivity index (χ1v) is 25.0. The molecule has 0 aliphatic rings. The molecule has 0 saturated heterocycles. The third-order valence-electron chi connectivity index (χ3n) is 10.8. The van der Waals surface area contributed by atoms with Gasteiger partial charge in [-0.15, -0.1) is 0 Å². The van der Waals surface area contributed by atoms with Gasteiger partial charge in [0.2, 0.25) is 5.91 Å². The van der Waals surface area contributed by atoms with E-state index in [0.29, 0.717) is 19.3 Å². The molecule has 3 unspecified atom stereocenters. The predicted octanol–water partition coefficient (Wildman–Crippen LogP) is 14.9. The Kier molecular flexibility index (Phi) is 45.3. The predicted molar refractivity (Wildman–Crippen MR) is 264 cm³/mol. The van der Waals surface area contributed by atoms with Gasteiger partial charge in [-0.3, -0.25) is 9.59 Å². The number of ether oxygens (including phenoxy) is 1. The molecule has 0 heterocycles. The fourth-order valence-electron chi connectivity index (χ4n) is 7.00. The van der Waals surface area contributed by atoms with E-state index in [-0.39, 0.29) is 24.9 Å². The number of aliphatic hydroxyl groups is 2. The molecule has 348 valence electrons. The molecule has 6 nitrogen and oxygen atoms in total. The summed E-state index contributed by atoms with van der Waals surface area (Å²) < 4.78 is 5.91. The Hall–Kier alpha value is -3.22. The molecule has 6 heteroatoms. The number of allylic oxidation sites excluding steroid dienone is 16. The summed E-state index contributed by atoms with van der Waals surface area (Å²) in [5.74, 6) is -0.539. The normalized spacial score (nSPS) is 14.1. The standard InChI is InChI=1S/C55H93NO5/c1-4-7-10-13-16-19-22-24-26-28-30-32-34-37-40-43-46-51(49-54(59)56-52(50-57)53(58)47-44-41-38-35-21-18-15-12-9-6-3)61-55(60)48-45-42-39-36-33-31-29-27-25-23-20-17-14-11-8-5-2/h8,10-11,13,16-17,19-20,22,24-28,30,32,51-53,57-58H,4-7,9,12,14-15,18,21,23,29,31,33-50H2,1-3H3,(H,56,59)/b11-8+,13-10+,19-16+,20-17+,24-22+,27-25+,28-26+,32-30+. The molecule has 61 heavy (non-hydrogen) atoms. The summed E-state index contributed by atoms with van der Waals surface area (Å²) in [7, 11) is 0. The molecule has 0 saturated carbocycles. The van der Waals surface area contributed by atoms with Crippen molar-refractivity contribution in [1.82, 2.24) is 5.32 Å². The summed E-state index contributed by atoms with van der Waals surface area (Å²) >= 11 is 0. The Morgan fingerprint density at radius 2 is 0.984 bits per heavy atom. The van der Waals surface area contributed by atoms with Crippen LogP contribution < -0.4 is 5.32 Å². The first kappa shape index (κ1) is 57.8. The largest absolute Gasteiger partial charge is 0.462 e. The van der Waals surface area contributed by atoms with Crippen LogP contribution >= 0.6 is 0 Å². The highest BCUT2D eigenvalue weighted by atomic mass is 16.5. The van der Waals surface area contributed by atoms with Crippen molar-refractivity contribution in [3.05, 3.63) is 97.2 Å². The van der Waals surface area contributed by atoms with Gasteiger partial charge in [0.05, 0.1) is 25.2 Å². The lowest BCUT2D eigenvalue weighted by Gasteiger charge is -2.24. The van der Waals surface area contributed by atoms with E-state index in [1.54, 1.807) is 0 Å². The molecule has 0 aromatic heterocycles. The molecule has 3 N–H and O–H groups in total. The minimum atomic E-state index is -0.806. The minimum Gasteiger partial charge on any atom is -0.462 e. The van der Waals surface area contributed by atoms with Gasteiger partial charge in [-0.05, 0) is 77.0 Å². The summed E-state index contributed by atoms with van der Waals surface area (Å²) in [5.41, 5.74) is 0. The van der Waals surface area contributed by atoms with Gasteiger partial charge in [-0.25, -0.2) is 0 Å². The van der Waals surface area contributed by atoms with E-state index in [2.05, 4.69) is 86.8 Å². The minimum absolute atomic E-state index is 0.0384. The molecule has 0 rings (SSSR count). The number of amides is 1. The molecule has 3 atom stereocenters. The number of hydrogen-bond donors (Lipinski definition) is 3. The average molecular weight is 848 g/mol. The summed E-state index contributed by atoms with van der Waals surface area (Å²) in [5, 5.41) is 23.7. The fourth-order valence-corrected chi connectivity index (χ4v) is 7.00. The van der Waals surface area contributed by atoms with Gasteiger partial charge in [0.15, 0.2) is 0 Å².